The minimum Gasteiger partial charge on any atom is -0.330 e. The molecule has 16 heavy (non-hydrogen) atoms. The standard InChI is InChI=1S/C14H31N.K/c1-2-3-4-5-6-7-8-9-10-11-12-13-14-15;/h2-15H2,1H3;. The summed E-state index contributed by atoms with van der Waals surface area (Å²) in [6, 6.07) is 0. The van der Waals surface area contributed by atoms with Gasteiger partial charge in [-0.25, -0.2) is 0 Å². The topological polar surface area (TPSA) is 26.0 Å². The summed E-state index contributed by atoms with van der Waals surface area (Å²) in [5, 5.41) is 0. The van der Waals surface area contributed by atoms with Gasteiger partial charge in [-0.05, 0) is 13.0 Å². The summed E-state index contributed by atoms with van der Waals surface area (Å²) in [7, 11) is 0. The largest absolute Gasteiger partial charge is 0.330 e. The van der Waals surface area contributed by atoms with E-state index in [9.17, 15) is 0 Å². The van der Waals surface area contributed by atoms with Crippen molar-refractivity contribution in [1.29, 1.82) is 0 Å². The molecule has 0 saturated carbocycles. The van der Waals surface area contributed by atoms with Crippen LogP contribution in [-0.4, -0.2) is 57.9 Å². The predicted molar refractivity (Wildman–Crippen MR) is 75.9 cm³/mol. The quantitative estimate of drug-likeness (QED) is 0.407. The van der Waals surface area contributed by atoms with Crippen LogP contribution in [-0.2, 0) is 0 Å². The minimum absolute atomic E-state index is 0. The molecular weight excluding hydrogens is 221 g/mol. The molecule has 0 unspecified atom stereocenters. The third-order valence-corrected chi connectivity index (χ3v) is 3.06. The van der Waals surface area contributed by atoms with E-state index in [1.807, 2.05) is 0 Å². The fourth-order valence-electron chi connectivity index (χ4n) is 1.99. The van der Waals surface area contributed by atoms with Crippen LogP contribution in [0.3, 0.4) is 0 Å². The molecule has 0 atom stereocenters. The van der Waals surface area contributed by atoms with Crippen molar-refractivity contribution in [1.82, 2.24) is 0 Å². The van der Waals surface area contributed by atoms with Crippen molar-refractivity contribution in [2.24, 2.45) is 5.73 Å². The van der Waals surface area contributed by atoms with Gasteiger partial charge in [0.1, 0.15) is 0 Å². The van der Waals surface area contributed by atoms with E-state index in [4.69, 9.17) is 5.73 Å². The Morgan fingerprint density at radius 1 is 0.562 bits per heavy atom. The first-order valence-electron chi connectivity index (χ1n) is 7.12. The van der Waals surface area contributed by atoms with Gasteiger partial charge in [0.2, 0.25) is 0 Å². The van der Waals surface area contributed by atoms with Crippen molar-refractivity contribution >= 4 is 51.4 Å². The summed E-state index contributed by atoms with van der Waals surface area (Å²) in [6.07, 6.45) is 16.9. The van der Waals surface area contributed by atoms with Gasteiger partial charge in [-0.3, -0.25) is 0 Å². The van der Waals surface area contributed by atoms with Crippen LogP contribution in [0.25, 0.3) is 0 Å². The summed E-state index contributed by atoms with van der Waals surface area (Å²) in [5.41, 5.74) is 5.45. The number of nitrogens with two attached hydrogens (primary N) is 1. The normalized spacial score (nSPS) is 10.1. The SMILES string of the molecule is CCCCCCCCCCCCCCN.[K]. The van der Waals surface area contributed by atoms with Crippen LogP contribution in [0.4, 0.5) is 0 Å². The first kappa shape index (κ1) is 19.9. The van der Waals surface area contributed by atoms with Gasteiger partial charge in [-0.15, -0.1) is 0 Å². The predicted octanol–water partition coefficient (Wildman–Crippen LogP) is 4.27. The molecule has 1 radical (unpaired) electrons. The van der Waals surface area contributed by atoms with E-state index >= 15 is 0 Å². The maximum Gasteiger partial charge on any atom is 0 e. The molecule has 2 heteroatoms. The Hall–Kier alpha value is 1.60. The number of rotatable bonds is 12. The van der Waals surface area contributed by atoms with Crippen molar-refractivity contribution in [3.8, 4) is 0 Å². The van der Waals surface area contributed by atoms with Crippen LogP contribution in [0.5, 0.6) is 0 Å². The molecule has 0 spiro atoms. The zero-order chi connectivity index (χ0) is 11.2. The van der Waals surface area contributed by atoms with Crippen molar-refractivity contribution < 1.29 is 0 Å². The Morgan fingerprint density at radius 2 is 0.875 bits per heavy atom. The van der Waals surface area contributed by atoms with Gasteiger partial charge < -0.3 is 5.73 Å². The molecule has 0 saturated heterocycles. The third kappa shape index (κ3) is 18.0. The number of hydrogen-bond donors (Lipinski definition) is 1. The van der Waals surface area contributed by atoms with E-state index in [0.717, 1.165) is 6.54 Å². The van der Waals surface area contributed by atoms with E-state index in [0.29, 0.717) is 0 Å². The third-order valence-electron chi connectivity index (χ3n) is 3.06. The van der Waals surface area contributed by atoms with Gasteiger partial charge >= 0.3 is 0 Å². The average Bonchev–Trinajstić information content (AvgIpc) is 2.26. The van der Waals surface area contributed by atoms with Crippen LogP contribution in [0.1, 0.15) is 84.0 Å². The zero-order valence-electron chi connectivity index (χ0n) is 11.8. The smallest absolute Gasteiger partial charge is 0 e. The molecule has 0 fully saturated rings. The first-order valence-corrected chi connectivity index (χ1v) is 7.12. The van der Waals surface area contributed by atoms with Crippen molar-refractivity contribution in [3.63, 3.8) is 0 Å². The molecule has 0 aromatic carbocycles. The van der Waals surface area contributed by atoms with Crippen LogP contribution >= 0.6 is 0 Å². The molecule has 0 aliphatic heterocycles. The van der Waals surface area contributed by atoms with Crippen molar-refractivity contribution in [2.75, 3.05) is 6.54 Å². The molecule has 0 amide bonds. The molecule has 0 aromatic heterocycles. The molecular formula is C14H31KN. The Morgan fingerprint density at radius 3 is 1.19 bits per heavy atom. The fourth-order valence-corrected chi connectivity index (χ4v) is 1.99. The van der Waals surface area contributed by atoms with Gasteiger partial charge in [-0.2, -0.15) is 0 Å². The van der Waals surface area contributed by atoms with Gasteiger partial charge in [0.25, 0.3) is 0 Å². The number of unbranched alkanes of at least 4 members (excludes halogenated alkanes) is 11. The first-order chi connectivity index (χ1) is 7.41. The molecule has 0 heterocycles. The molecule has 0 aliphatic rings. The second-order valence-corrected chi connectivity index (χ2v) is 4.68. The monoisotopic (exact) mass is 252 g/mol. The maximum atomic E-state index is 5.45. The molecule has 1 nitrogen and oxygen atoms in total. The van der Waals surface area contributed by atoms with Gasteiger partial charge in [0.15, 0.2) is 0 Å². The Bertz CT molecular complexity index is 94.9. The van der Waals surface area contributed by atoms with Crippen molar-refractivity contribution in [3.05, 3.63) is 0 Å². The van der Waals surface area contributed by atoms with Crippen molar-refractivity contribution in [2.45, 2.75) is 84.0 Å². The second-order valence-electron chi connectivity index (χ2n) is 4.68. The maximum absolute atomic E-state index is 5.45. The molecule has 0 aromatic rings. The van der Waals surface area contributed by atoms with Crippen LogP contribution < -0.4 is 5.73 Å². The molecule has 0 rings (SSSR count). The fraction of sp³-hybridized carbons (Fsp3) is 1.00. The summed E-state index contributed by atoms with van der Waals surface area (Å²) in [4.78, 5) is 0. The van der Waals surface area contributed by atoms with Crippen LogP contribution in [0.2, 0.25) is 0 Å². The van der Waals surface area contributed by atoms with E-state index in [2.05, 4.69) is 6.92 Å². The van der Waals surface area contributed by atoms with E-state index < -0.39 is 0 Å². The number of hydrogen-bond acceptors (Lipinski definition) is 1. The minimum atomic E-state index is 0. The summed E-state index contributed by atoms with van der Waals surface area (Å²) in [5.74, 6) is 0. The van der Waals surface area contributed by atoms with E-state index in [1.165, 1.54) is 77.0 Å². The van der Waals surface area contributed by atoms with Gasteiger partial charge in [0.05, 0.1) is 0 Å². The van der Waals surface area contributed by atoms with E-state index in [1.54, 1.807) is 0 Å². The van der Waals surface area contributed by atoms with Gasteiger partial charge in [-0.1, -0.05) is 77.6 Å². The Labute approximate surface area is 146 Å². The summed E-state index contributed by atoms with van der Waals surface area (Å²) in [6.45, 7) is 3.15. The molecule has 0 aliphatic carbocycles. The summed E-state index contributed by atoms with van der Waals surface area (Å²) < 4.78 is 0. The molecule has 2 N–H and O–H groups in total. The van der Waals surface area contributed by atoms with Gasteiger partial charge in [0, 0.05) is 51.4 Å². The Kier molecular flexibility index (Phi) is 23.6. The molecule has 0 bridgehead atoms. The second kappa shape index (κ2) is 18.9. The zero-order valence-corrected chi connectivity index (χ0v) is 14.9. The summed E-state index contributed by atoms with van der Waals surface area (Å²) >= 11 is 0. The average molecular weight is 253 g/mol. The van der Waals surface area contributed by atoms with Crippen LogP contribution in [0.15, 0.2) is 0 Å². The van der Waals surface area contributed by atoms with E-state index in [-0.39, 0.29) is 51.4 Å². The van der Waals surface area contributed by atoms with Crippen LogP contribution in [0, 0.1) is 0 Å². The molecule has 93 valence electrons. The Balaban J connectivity index is 0.